The Morgan fingerprint density at radius 3 is 2.29 bits per heavy atom. The molecule has 0 unspecified atom stereocenters. The molecule has 0 bridgehead atoms. The third-order valence-electron chi connectivity index (χ3n) is 3.51. The van der Waals surface area contributed by atoms with Gasteiger partial charge in [0.05, 0.1) is 5.75 Å². The van der Waals surface area contributed by atoms with Crippen LogP contribution in [0.15, 0.2) is 24.3 Å². The van der Waals surface area contributed by atoms with Crippen LogP contribution in [0.4, 0.5) is 0 Å². The van der Waals surface area contributed by atoms with Gasteiger partial charge in [-0.3, -0.25) is 4.79 Å². The van der Waals surface area contributed by atoms with Crippen LogP contribution in [0.1, 0.15) is 53.5 Å². The van der Waals surface area contributed by atoms with Gasteiger partial charge in [-0.15, -0.1) is 0 Å². The topological polar surface area (TPSA) is 63.7 Å². The Hall–Kier alpha value is -1.56. The van der Waals surface area contributed by atoms with Gasteiger partial charge in [-0.05, 0) is 32.3 Å². The Morgan fingerprint density at radius 2 is 1.79 bits per heavy atom. The molecule has 0 fully saturated rings. The fourth-order valence-electron chi connectivity index (χ4n) is 2.21. The molecule has 1 amide bonds. The molecular formula is C18H29NO4S. The predicted molar refractivity (Wildman–Crippen MR) is 96.3 cm³/mol. The minimum Gasteiger partial charge on any atom is -0.382 e. The van der Waals surface area contributed by atoms with Gasteiger partial charge in [-0.2, -0.15) is 8.42 Å². The third-order valence-corrected chi connectivity index (χ3v) is 4.65. The van der Waals surface area contributed by atoms with Crippen LogP contribution in [-0.4, -0.2) is 31.0 Å². The smallest absolute Gasteiger partial charge is 0.308 e. The number of hydrogen-bond donors (Lipinski definition) is 0. The monoisotopic (exact) mass is 355 g/mol. The summed E-state index contributed by atoms with van der Waals surface area (Å²) in [6.45, 7) is 11.8. The molecule has 5 nitrogen and oxygen atoms in total. The Bertz CT molecular complexity index is 660. The van der Waals surface area contributed by atoms with Crippen molar-refractivity contribution in [2.45, 2.75) is 60.5 Å². The maximum Gasteiger partial charge on any atom is 0.308 e. The van der Waals surface area contributed by atoms with Crippen LogP contribution in [-0.2, 0) is 21.5 Å². The maximum atomic E-state index is 12.6. The number of carbonyl (C=O) groups excluding carboxylic acids is 1. The fourth-order valence-corrected chi connectivity index (χ4v) is 2.76. The van der Waals surface area contributed by atoms with Crippen molar-refractivity contribution in [1.82, 2.24) is 4.90 Å². The largest absolute Gasteiger partial charge is 0.382 e. The molecule has 0 heterocycles. The SMILES string of the molecule is CCS(=O)(=O)Oc1ccccc1CN(C(=O)CC(C)(C)C)C(C)C. The van der Waals surface area contributed by atoms with Crippen molar-refractivity contribution in [1.29, 1.82) is 0 Å². The average Bonchev–Trinajstić information content (AvgIpc) is 2.43. The Morgan fingerprint density at radius 1 is 1.21 bits per heavy atom. The highest BCUT2D eigenvalue weighted by molar-refractivity contribution is 7.87. The van der Waals surface area contributed by atoms with E-state index in [1.807, 2.05) is 40.7 Å². The highest BCUT2D eigenvalue weighted by atomic mass is 32.2. The van der Waals surface area contributed by atoms with Crippen molar-refractivity contribution >= 4 is 16.0 Å². The summed E-state index contributed by atoms with van der Waals surface area (Å²) < 4.78 is 28.7. The molecule has 0 aromatic heterocycles. The molecule has 0 saturated carbocycles. The molecule has 6 heteroatoms. The number of benzene rings is 1. The molecule has 136 valence electrons. The van der Waals surface area contributed by atoms with E-state index >= 15 is 0 Å². The molecular weight excluding hydrogens is 326 g/mol. The van der Waals surface area contributed by atoms with E-state index in [2.05, 4.69) is 0 Å². The molecule has 0 atom stereocenters. The van der Waals surface area contributed by atoms with Crippen LogP contribution in [0, 0.1) is 5.41 Å². The summed E-state index contributed by atoms with van der Waals surface area (Å²) in [5.41, 5.74) is 0.580. The lowest BCUT2D eigenvalue weighted by molar-refractivity contribution is -0.135. The van der Waals surface area contributed by atoms with E-state index in [4.69, 9.17) is 4.18 Å². The van der Waals surface area contributed by atoms with E-state index in [-0.39, 0.29) is 28.9 Å². The van der Waals surface area contributed by atoms with Crippen LogP contribution < -0.4 is 4.18 Å². The molecule has 1 aromatic rings. The van der Waals surface area contributed by atoms with Gasteiger partial charge in [0, 0.05) is 24.6 Å². The first kappa shape index (κ1) is 20.5. The lowest BCUT2D eigenvalue weighted by Gasteiger charge is -2.30. The molecule has 0 radical (unpaired) electrons. The number of rotatable bonds is 7. The van der Waals surface area contributed by atoms with Crippen molar-refractivity contribution in [2.75, 3.05) is 5.75 Å². The van der Waals surface area contributed by atoms with Gasteiger partial charge in [0.15, 0.2) is 0 Å². The molecule has 24 heavy (non-hydrogen) atoms. The van der Waals surface area contributed by atoms with Crippen LogP contribution in [0.25, 0.3) is 0 Å². The molecule has 0 aliphatic carbocycles. The second-order valence-corrected chi connectivity index (χ2v) is 9.25. The van der Waals surface area contributed by atoms with Gasteiger partial charge in [0.2, 0.25) is 5.91 Å². The molecule has 0 saturated heterocycles. The molecule has 0 aliphatic heterocycles. The number of nitrogens with zero attached hydrogens (tertiary/aromatic N) is 1. The summed E-state index contributed by atoms with van der Waals surface area (Å²) in [6, 6.07) is 6.96. The van der Waals surface area contributed by atoms with E-state index in [9.17, 15) is 13.2 Å². The van der Waals surface area contributed by atoms with Crippen molar-refractivity contribution in [2.24, 2.45) is 5.41 Å². The maximum absolute atomic E-state index is 12.6. The summed E-state index contributed by atoms with van der Waals surface area (Å²) in [6.07, 6.45) is 0.432. The number of hydrogen-bond acceptors (Lipinski definition) is 4. The Kier molecular flexibility index (Phi) is 6.84. The van der Waals surface area contributed by atoms with Crippen LogP contribution in [0.5, 0.6) is 5.75 Å². The summed E-state index contributed by atoms with van der Waals surface area (Å²) in [5, 5.41) is 0. The Labute approximate surface area is 146 Å². The minimum atomic E-state index is -3.60. The Balaban J connectivity index is 3.06. The lowest BCUT2D eigenvalue weighted by atomic mass is 9.91. The van der Waals surface area contributed by atoms with E-state index in [1.165, 1.54) is 6.92 Å². The summed E-state index contributed by atoms with van der Waals surface area (Å²) in [7, 11) is -3.60. The van der Waals surface area contributed by atoms with E-state index in [1.54, 1.807) is 23.1 Å². The van der Waals surface area contributed by atoms with Crippen LogP contribution in [0.3, 0.4) is 0 Å². The third kappa shape index (κ3) is 6.51. The van der Waals surface area contributed by atoms with Gasteiger partial charge in [0.1, 0.15) is 5.75 Å². The second kappa shape index (κ2) is 8.01. The second-order valence-electron chi connectivity index (χ2n) is 7.39. The summed E-state index contributed by atoms with van der Waals surface area (Å²) in [5.74, 6) is 0.234. The highest BCUT2D eigenvalue weighted by Crippen LogP contribution is 2.25. The zero-order chi connectivity index (χ0) is 18.5. The summed E-state index contributed by atoms with van der Waals surface area (Å²) in [4.78, 5) is 14.4. The van der Waals surface area contributed by atoms with Gasteiger partial charge in [0.25, 0.3) is 0 Å². The van der Waals surface area contributed by atoms with Crippen molar-refractivity contribution < 1.29 is 17.4 Å². The lowest BCUT2D eigenvalue weighted by Crippen LogP contribution is -2.38. The molecule has 0 N–H and O–H groups in total. The van der Waals surface area contributed by atoms with Gasteiger partial charge >= 0.3 is 10.1 Å². The quantitative estimate of drug-likeness (QED) is 0.701. The fraction of sp³-hybridized carbons (Fsp3) is 0.611. The van der Waals surface area contributed by atoms with Crippen molar-refractivity contribution in [3.63, 3.8) is 0 Å². The van der Waals surface area contributed by atoms with Crippen LogP contribution >= 0.6 is 0 Å². The number of para-hydroxylation sites is 1. The highest BCUT2D eigenvalue weighted by Gasteiger charge is 2.24. The summed E-state index contributed by atoms with van der Waals surface area (Å²) >= 11 is 0. The van der Waals surface area contributed by atoms with Gasteiger partial charge in [-0.1, -0.05) is 39.0 Å². The predicted octanol–water partition coefficient (Wildman–Crippen LogP) is 3.59. The van der Waals surface area contributed by atoms with Crippen molar-refractivity contribution in [3.05, 3.63) is 29.8 Å². The van der Waals surface area contributed by atoms with Crippen molar-refractivity contribution in [3.8, 4) is 5.75 Å². The van der Waals surface area contributed by atoms with E-state index in [0.29, 0.717) is 18.5 Å². The first-order chi connectivity index (χ1) is 10.9. The van der Waals surface area contributed by atoms with E-state index in [0.717, 1.165) is 0 Å². The minimum absolute atomic E-state index is 0.00990. The molecule has 0 aliphatic rings. The normalized spacial score (nSPS) is 12.3. The first-order valence-corrected chi connectivity index (χ1v) is 9.82. The van der Waals surface area contributed by atoms with Gasteiger partial charge < -0.3 is 9.08 Å². The zero-order valence-electron chi connectivity index (χ0n) is 15.5. The average molecular weight is 356 g/mol. The van der Waals surface area contributed by atoms with Crippen LogP contribution in [0.2, 0.25) is 0 Å². The zero-order valence-corrected chi connectivity index (χ0v) is 16.3. The van der Waals surface area contributed by atoms with E-state index < -0.39 is 10.1 Å². The molecule has 0 spiro atoms. The standard InChI is InChI=1S/C18H29NO4S/c1-7-24(21,22)23-16-11-9-8-10-15(16)13-19(14(2)3)17(20)12-18(4,5)6/h8-11,14H,7,12-13H2,1-6H3. The number of carbonyl (C=O) groups is 1. The van der Waals surface area contributed by atoms with Gasteiger partial charge in [-0.25, -0.2) is 0 Å². The molecule has 1 rings (SSSR count). The first-order valence-electron chi connectivity index (χ1n) is 8.24. The number of amides is 1. The molecule has 1 aromatic carbocycles.